The van der Waals surface area contributed by atoms with Gasteiger partial charge in [0.15, 0.2) is 0 Å². The SMILES string of the molecule is C1=CC2C3C=CC(C3)C2C1.C1=CC2C3C=CC(C3)C2C1.[CaH2]. The van der Waals surface area contributed by atoms with Crippen molar-refractivity contribution >= 4 is 37.7 Å². The molecule has 8 atom stereocenters. The predicted molar refractivity (Wildman–Crippen MR) is 91.5 cm³/mol. The van der Waals surface area contributed by atoms with Crippen LogP contribution in [0.2, 0.25) is 0 Å². The molecule has 0 radical (unpaired) electrons. The van der Waals surface area contributed by atoms with Crippen molar-refractivity contribution in [3.63, 3.8) is 0 Å². The molecule has 0 aromatic rings. The van der Waals surface area contributed by atoms with Gasteiger partial charge in [-0.15, -0.1) is 0 Å². The van der Waals surface area contributed by atoms with Gasteiger partial charge in [0.1, 0.15) is 0 Å². The van der Waals surface area contributed by atoms with Crippen molar-refractivity contribution in [1.82, 2.24) is 0 Å². The summed E-state index contributed by atoms with van der Waals surface area (Å²) in [5, 5.41) is 0. The van der Waals surface area contributed by atoms with E-state index in [0.717, 1.165) is 47.3 Å². The zero-order chi connectivity index (χ0) is 13.1. The molecule has 1 heteroatoms. The topological polar surface area (TPSA) is 0 Å². The molecule has 0 spiro atoms. The third kappa shape index (κ3) is 2.28. The molecule has 6 aliphatic rings. The minimum absolute atomic E-state index is 0. The first kappa shape index (κ1) is 14.8. The fraction of sp³-hybridized carbons (Fsp3) is 0.600. The van der Waals surface area contributed by atoms with E-state index >= 15 is 0 Å². The fourth-order valence-electron chi connectivity index (χ4n) is 5.95. The summed E-state index contributed by atoms with van der Waals surface area (Å²) in [7, 11) is 0. The Morgan fingerprint density at radius 2 is 0.952 bits per heavy atom. The van der Waals surface area contributed by atoms with E-state index < -0.39 is 0 Å². The van der Waals surface area contributed by atoms with Gasteiger partial charge in [-0.25, -0.2) is 0 Å². The van der Waals surface area contributed by atoms with E-state index in [2.05, 4.69) is 48.6 Å². The minimum atomic E-state index is 0. The van der Waals surface area contributed by atoms with Crippen LogP contribution < -0.4 is 0 Å². The Kier molecular flexibility index (Phi) is 4.01. The molecule has 0 saturated heterocycles. The van der Waals surface area contributed by atoms with Crippen LogP contribution in [0.5, 0.6) is 0 Å². The van der Waals surface area contributed by atoms with E-state index in [9.17, 15) is 0 Å². The second-order valence-electron chi connectivity index (χ2n) is 7.71. The number of hydrogen-bond acceptors (Lipinski definition) is 0. The molecule has 0 aromatic heterocycles. The van der Waals surface area contributed by atoms with E-state index in [0.29, 0.717) is 0 Å². The van der Waals surface area contributed by atoms with Gasteiger partial charge in [-0.2, -0.15) is 0 Å². The third-order valence-corrected chi connectivity index (χ3v) is 6.91. The molecule has 6 aliphatic carbocycles. The van der Waals surface area contributed by atoms with Gasteiger partial charge in [0, 0.05) is 0 Å². The van der Waals surface area contributed by atoms with Crippen LogP contribution in [-0.2, 0) is 0 Å². The van der Waals surface area contributed by atoms with Gasteiger partial charge >= 0.3 is 37.7 Å². The Morgan fingerprint density at radius 1 is 0.524 bits per heavy atom. The molecule has 2 fully saturated rings. The Balaban J connectivity index is 0.000000105. The maximum absolute atomic E-state index is 2.44. The Labute approximate surface area is 158 Å². The number of allylic oxidation sites excluding steroid dienone is 8. The summed E-state index contributed by atoms with van der Waals surface area (Å²) in [5.41, 5.74) is 0. The molecule has 0 aliphatic heterocycles. The van der Waals surface area contributed by atoms with Crippen molar-refractivity contribution in [2.45, 2.75) is 25.7 Å². The zero-order valence-corrected chi connectivity index (χ0v) is 12.1. The Hall–Kier alpha value is 0.220. The first-order valence-corrected chi connectivity index (χ1v) is 8.60. The van der Waals surface area contributed by atoms with Gasteiger partial charge < -0.3 is 0 Å². The van der Waals surface area contributed by atoms with Crippen LogP contribution in [0.4, 0.5) is 0 Å². The van der Waals surface area contributed by atoms with Crippen molar-refractivity contribution in [3.8, 4) is 0 Å². The van der Waals surface area contributed by atoms with Crippen LogP contribution in [0.15, 0.2) is 48.6 Å². The second kappa shape index (κ2) is 5.69. The summed E-state index contributed by atoms with van der Waals surface area (Å²) in [4.78, 5) is 0. The van der Waals surface area contributed by atoms with E-state index in [1.165, 1.54) is 25.7 Å². The summed E-state index contributed by atoms with van der Waals surface area (Å²) < 4.78 is 0. The Morgan fingerprint density at radius 3 is 1.38 bits per heavy atom. The first-order valence-electron chi connectivity index (χ1n) is 8.60. The molecular weight excluding hydrogens is 280 g/mol. The second-order valence-corrected chi connectivity index (χ2v) is 7.71. The monoisotopic (exact) mass is 306 g/mol. The van der Waals surface area contributed by atoms with Crippen molar-refractivity contribution in [1.29, 1.82) is 0 Å². The quantitative estimate of drug-likeness (QED) is 0.471. The average Bonchev–Trinajstić information content (AvgIpc) is 3.28. The summed E-state index contributed by atoms with van der Waals surface area (Å²) in [6.07, 6.45) is 25.0. The fourth-order valence-corrected chi connectivity index (χ4v) is 5.95. The average molecular weight is 307 g/mol. The molecule has 0 nitrogen and oxygen atoms in total. The van der Waals surface area contributed by atoms with Gasteiger partial charge in [-0.05, 0) is 73.0 Å². The predicted octanol–water partition coefficient (Wildman–Crippen LogP) is 3.85. The number of hydrogen-bond donors (Lipinski definition) is 0. The number of rotatable bonds is 0. The molecule has 6 rings (SSSR count). The maximum atomic E-state index is 2.44. The van der Waals surface area contributed by atoms with E-state index in [-0.39, 0.29) is 37.7 Å². The van der Waals surface area contributed by atoms with E-state index in [1.54, 1.807) is 0 Å². The molecule has 108 valence electrons. The van der Waals surface area contributed by atoms with Crippen LogP contribution in [-0.4, -0.2) is 37.7 Å². The molecule has 2 saturated carbocycles. The molecule has 4 bridgehead atoms. The molecule has 21 heavy (non-hydrogen) atoms. The van der Waals surface area contributed by atoms with Crippen LogP contribution >= 0.6 is 0 Å². The molecule has 0 N–H and O–H groups in total. The van der Waals surface area contributed by atoms with Crippen molar-refractivity contribution in [3.05, 3.63) is 48.6 Å². The molecular formula is C20H26Ca. The normalized spacial score (nSPS) is 51.8. The van der Waals surface area contributed by atoms with E-state index in [4.69, 9.17) is 0 Å². The van der Waals surface area contributed by atoms with Crippen molar-refractivity contribution < 1.29 is 0 Å². The van der Waals surface area contributed by atoms with Crippen molar-refractivity contribution in [2.24, 2.45) is 47.3 Å². The van der Waals surface area contributed by atoms with Gasteiger partial charge in [-0.1, -0.05) is 48.6 Å². The van der Waals surface area contributed by atoms with Crippen LogP contribution in [0, 0.1) is 47.3 Å². The molecule has 8 unspecified atom stereocenters. The van der Waals surface area contributed by atoms with Gasteiger partial charge in [-0.3, -0.25) is 0 Å². The molecule has 0 aromatic carbocycles. The van der Waals surface area contributed by atoms with Crippen LogP contribution in [0.25, 0.3) is 0 Å². The summed E-state index contributed by atoms with van der Waals surface area (Å²) in [5.74, 6) is 7.65. The van der Waals surface area contributed by atoms with E-state index in [1.807, 2.05) is 0 Å². The van der Waals surface area contributed by atoms with Gasteiger partial charge in [0.25, 0.3) is 0 Å². The first-order chi connectivity index (χ1) is 9.90. The third-order valence-electron chi connectivity index (χ3n) is 6.91. The summed E-state index contributed by atoms with van der Waals surface area (Å²) in [6, 6.07) is 0. The Bertz CT molecular complexity index is 478. The summed E-state index contributed by atoms with van der Waals surface area (Å²) >= 11 is 0. The summed E-state index contributed by atoms with van der Waals surface area (Å²) in [6.45, 7) is 0. The van der Waals surface area contributed by atoms with Crippen molar-refractivity contribution in [2.75, 3.05) is 0 Å². The number of fused-ring (bicyclic) bond motifs is 10. The zero-order valence-electron chi connectivity index (χ0n) is 12.1. The molecule has 0 heterocycles. The standard InChI is InChI=1S/2C10H12.Ca.2H/c2*1-2-9-7-4-5-8(6-7)10(9)3-1;;;/h2*1-2,4-5,7-10H,3,6H2;;;. The van der Waals surface area contributed by atoms with Crippen LogP contribution in [0.3, 0.4) is 0 Å². The van der Waals surface area contributed by atoms with Gasteiger partial charge in [0.05, 0.1) is 0 Å². The molecule has 0 amide bonds. The van der Waals surface area contributed by atoms with Crippen LogP contribution in [0.1, 0.15) is 25.7 Å². The van der Waals surface area contributed by atoms with Gasteiger partial charge in [0.2, 0.25) is 0 Å².